The van der Waals surface area contributed by atoms with Crippen LogP contribution in [-0.2, 0) is 9.59 Å². The summed E-state index contributed by atoms with van der Waals surface area (Å²) >= 11 is 0. The van der Waals surface area contributed by atoms with Crippen molar-refractivity contribution in [1.29, 1.82) is 0 Å². The van der Waals surface area contributed by atoms with Gasteiger partial charge in [-0.2, -0.15) is 0 Å². The molecular formula is C18H27NO2. The van der Waals surface area contributed by atoms with Crippen molar-refractivity contribution in [3.63, 3.8) is 0 Å². The molecule has 2 aliphatic rings. The van der Waals surface area contributed by atoms with Crippen LogP contribution in [0.25, 0.3) is 0 Å². The van der Waals surface area contributed by atoms with Gasteiger partial charge in [-0.3, -0.25) is 14.5 Å². The lowest BCUT2D eigenvalue weighted by Gasteiger charge is -2.30. The molecule has 21 heavy (non-hydrogen) atoms. The number of imide groups is 1. The number of likely N-dealkylation sites (N-methyl/N-ethyl adjacent to an activating group) is 1. The van der Waals surface area contributed by atoms with Crippen LogP contribution in [0.4, 0.5) is 0 Å². The Morgan fingerprint density at radius 3 is 2.24 bits per heavy atom. The first kappa shape index (κ1) is 19.1. The van der Waals surface area contributed by atoms with Crippen LogP contribution in [0.2, 0.25) is 0 Å². The fourth-order valence-corrected chi connectivity index (χ4v) is 2.22. The fourth-order valence-electron chi connectivity index (χ4n) is 2.22. The summed E-state index contributed by atoms with van der Waals surface area (Å²) in [6, 6.07) is 0. The van der Waals surface area contributed by atoms with Gasteiger partial charge in [0.15, 0.2) is 0 Å². The van der Waals surface area contributed by atoms with Crippen LogP contribution in [0.15, 0.2) is 47.1 Å². The first-order valence-corrected chi connectivity index (χ1v) is 7.66. The van der Waals surface area contributed by atoms with Crippen LogP contribution < -0.4 is 0 Å². The van der Waals surface area contributed by atoms with Crippen molar-refractivity contribution in [3.05, 3.63) is 47.1 Å². The summed E-state index contributed by atoms with van der Waals surface area (Å²) in [5, 5.41) is 0. The van der Waals surface area contributed by atoms with Crippen molar-refractivity contribution >= 4 is 11.8 Å². The summed E-state index contributed by atoms with van der Waals surface area (Å²) in [6.07, 6.45) is 7.09. The van der Waals surface area contributed by atoms with Gasteiger partial charge in [-0.1, -0.05) is 52.5 Å². The molecule has 0 bridgehead atoms. The second-order valence-electron chi connectivity index (χ2n) is 4.22. The molecule has 0 radical (unpaired) electrons. The third-order valence-corrected chi connectivity index (χ3v) is 3.09. The minimum atomic E-state index is -0.247. The predicted octanol–water partition coefficient (Wildman–Crippen LogP) is 4.19. The summed E-state index contributed by atoms with van der Waals surface area (Å²) in [5.74, 6) is -0.470. The zero-order valence-electron chi connectivity index (χ0n) is 14.1. The Kier molecular flexibility index (Phi) is 8.29. The molecule has 2 rings (SSSR count). The highest BCUT2D eigenvalue weighted by atomic mass is 16.2. The lowest BCUT2D eigenvalue weighted by atomic mass is 9.82. The smallest absolute Gasteiger partial charge is 0.261 e. The molecule has 2 amide bonds. The maximum absolute atomic E-state index is 12.1. The number of allylic oxidation sites excluding steroid dienone is 3. The standard InChI is InChI=1S/C14H15NO2.2C2H6/c1-4-6-10-12-9(2)7-5-8-11(12)14(17)15(3)13(10)16;2*1-2/h4,6,8H,2,5,7H2,1,3H3;2*1-2H3/b6-4-;;. The number of rotatable bonds is 1. The highest BCUT2D eigenvalue weighted by molar-refractivity contribution is 6.18. The number of carbonyl (C=O) groups excluding carboxylic acids is 2. The second kappa shape index (κ2) is 9.11. The number of hydrogen-bond donors (Lipinski definition) is 0. The van der Waals surface area contributed by atoms with Gasteiger partial charge in [-0.25, -0.2) is 0 Å². The second-order valence-corrected chi connectivity index (χ2v) is 4.22. The normalized spacial score (nSPS) is 17.7. The number of fused-ring (bicyclic) bond motifs is 1. The molecule has 3 heteroatoms. The van der Waals surface area contributed by atoms with Crippen LogP contribution in [0, 0.1) is 0 Å². The number of carbonyl (C=O) groups is 2. The molecular weight excluding hydrogens is 262 g/mol. The van der Waals surface area contributed by atoms with E-state index in [1.54, 1.807) is 6.08 Å². The van der Waals surface area contributed by atoms with Gasteiger partial charge in [-0.05, 0) is 25.3 Å². The quantitative estimate of drug-likeness (QED) is 0.679. The molecule has 0 aromatic heterocycles. The summed E-state index contributed by atoms with van der Waals surface area (Å²) in [4.78, 5) is 25.2. The van der Waals surface area contributed by atoms with E-state index in [0.29, 0.717) is 11.1 Å². The van der Waals surface area contributed by atoms with Gasteiger partial charge < -0.3 is 0 Å². The zero-order chi connectivity index (χ0) is 16.6. The van der Waals surface area contributed by atoms with Gasteiger partial charge in [0.2, 0.25) is 0 Å². The summed E-state index contributed by atoms with van der Waals surface area (Å²) < 4.78 is 0. The number of amides is 2. The van der Waals surface area contributed by atoms with Gasteiger partial charge in [0.25, 0.3) is 11.8 Å². The maximum Gasteiger partial charge on any atom is 0.261 e. The molecule has 116 valence electrons. The largest absolute Gasteiger partial charge is 0.277 e. The molecule has 0 atom stereocenters. The van der Waals surface area contributed by atoms with E-state index in [4.69, 9.17) is 0 Å². The van der Waals surface area contributed by atoms with Gasteiger partial charge in [-0.15, -0.1) is 0 Å². The van der Waals surface area contributed by atoms with Gasteiger partial charge >= 0.3 is 0 Å². The van der Waals surface area contributed by atoms with Gasteiger partial charge in [0.05, 0.1) is 0 Å². The Hall–Kier alpha value is -1.90. The highest BCUT2D eigenvalue weighted by Gasteiger charge is 2.35. The van der Waals surface area contributed by atoms with E-state index in [2.05, 4.69) is 6.58 Å². The lowest BCUT2D eigenvalue weighted by Crippen LogP contribution is -2.40. The lowest BCUT2D eigenvalue weighted by molar-refractivity contribution is -0.138. The minimum absolute atomic E-state index is 0.223. The third kappa shape index (κ3) is 3.81. The van der Waals surface area contributed by atoms with Crippen molar-refractivity contribution in [1.82, 2.24) is 4.90 Å². The Balaban J connectivity index is 0.000000921. The number of nitrogens with zero attached hydrogens (tertiary/aromatic N) is 1. The SMILES string of the molecule is C=C1CCC=C2C(=O)N(C)C(=O)C(/C=C\C)=C12.CC.CC. The molecule has 0 fully saturated rings. The van der Waals surface area contributed by atoms with Gasteiger partial charge in [0, 0.05) is 23.8 Å². The van der Waals surface area contributed by atoms with Crippen LogP contribution in [0.1, 0.15) is 47.5 Å². The Labute approximate surface area is 128 Å². The molecule has 0 spiro atoms. The Morgan fingerprint density at radius 1 is 1.14 bits per heavy atom. The van der Waals surface area contributed by atoms with Crippen molar-refractivity contribution in [2.75, 3.05) is 7.05 Å². The van der Waals surface area contributed by atoms with E-state index in [1.807, 2.05) is 46.8 Å². The molecule has 0 aromatic rings. The van der Waals surface area contributed by atoms with E-state index in [0.717, 1.165) is 24.0 Å². The van der Waals surface area contributed by atoms with Crippen molar-refractivity contribution in [2.45, 2.75) is 47.5 Å². The molecule has 1 aliphatic heterocycles. The average Bonchev–Trinajstić information content (AvgIpc) is 2.53. The predicted molar refractivity (Wildman–Crippen MR) is 88.8 cm³/mol. The van der Waals surface area contributed by atoms with E-state index in [-0.39, 0.29) is 11.8 Å². The summed E-state index contributed by atoms with van der Waals surface area (Å²) in [5.41, 5.74) is 2.81. The first-order valence-electron chi connectivity index (χ1n) is 7.66. The van der Waals surface area contributed by atoms with E-state index in [9.17, 15) is 9.59 Å². The fraction of sp³-hybridized carbons (Fsp3) is 0.444. The van der Waals surface area contributed by atoms with Crippen LogP contribution >= 0.6 is 0 Å². The number of hydrogen-bond acceptors (Lipinski definition) is 2. The Morgan fingerprint density at radius 2 is 1.71 bits per heavy atom. The Bertz CT molecular complexity index is 507. The zero-order valence-corrected chi connectivity index (χ0v) is 14.1. The maximum atomic E-state index is 12.1. The molecule has 1 aliphatic carbocycles. The van der Waals surface area contributed by atoms with Crippen LogP contribution in [0.5, 0.6) is 0 Å². The van der Waals surface area contributed by atoms with Crippen molar-refractivity contribution in [3.8, 4) is 0 Å². The molecule has 0 saturated heterocycles. The first-order chi connectivity index (χ1) is 10.1. The topological polar surface area (TPSA) is 37.4 Å². The molecule has 0 saturated carbocycles. The van der Waals surface area contributed by atoms with Crippen LogP contribution in [0.3, 0.4) is 0 Å². The monoisotopic (exact) mass is 289 g/mol. The van der Waals surface area contributed by atoms with Crippen LogP contribution in [-0.4, -0.2) is 23.8 Å². The van der Waals surface area contributed by atoms with E-state index >= 15 is 0 Å². The summed E-state index contributed by atoms with van der Waals surface area (Å²) in [7, 11) is 1.52. The third-order valence-electron chi connectivity index (χ3n) is 3.09. The molecule has 0 aromatic carbocycles. The van der Waals surface area contributed by atoms with Crippen molar-refractivity contribution in [2.24, 2.45) is 0 Å². The molecule has 0 unspecified atom stereocenters. The minimum Gasteiger partial charge on any atom is -0.277 e. The summed E-state index contributed by atoms with van der Waals surface area (Å²) in [6.45, 7) is 13.8. The van der Waals surface area contributed by atoms with E-state index in [1.165, 1.54) is 11.9 Å². The molecule has 3 nitrogen and oxygen atoms in total. The highest BCUT2D eigenvalue weighted by Crippen LogP contribution is 2.35. The molecule has 0 N–H and O–H groups in total. The van der Waals surface area contributed by atoms with Gasteiger partial charge in [0.1, 0.15) is 0 Å². The molecule has 1 heterocycles. The van der Waals surface area contributed by atoms with Crippen molar-refractivity contribution < 1.29 is 9.59 Å². The van der Waals surface area contributed by atoms with E-state index < -0.39 is 0 Å². The average molecular weight is 289 g/mol.